The fourth-order valence-corrected chi connectivity index (χ4v) is 1.12. The number of hydrogen-bond acceptors (Lipinski definition) is 1. The first-order chi connectivity index (χ1) is 6.57. The van der Waals surface area contributed by atoms with Crippen molar-refractivity contribution < 1.29 is 0 Å². The molecule has 0 aromatic rings. The monoisotopic (exact) mass is 216 g/mol. The van der Waals surface area contributed by atoms with Crippen LogP contribution in [-0.2, 0) is 0 Å². The van der Waals surface area contributed by atoms with Crippen LogP contribution in [0, 0.1) is 11.8 Å². The molecule has 0 fully saturated rings. The van der Waals surface area contributed by atoms with Gasteiger partial charge in [-0.1, -0.05) is 34.1 Å². The Bertz CT molecular complexity index is 157. The largest absolute Gasteiger partial charge is 0.363 e. The maximum atomic E-state index is 5.15. The molecule has 0 aromatic heterocycles. The van der Waals surface area contributed by atoms with Crippen LogP contribution in [0.1, 0.15) is 40.5 Å². The SMILES string of the molecule is CCCCNC(=S)NCC(C)C(C)C. The predicted octanol–water partition coefficient (Wildman–Crippen LogP) is 2.54. The van der Waals surface area contributed by atoms with Crippen molar-refractivity contribution in [2.45, 2.75) is 40.5 Å². The zero-order chi connectivity index (χ0) is 11.0. The lowest BCUT2D eigenvalue weighted by Crippen LogP contribution is -2.38. The summed E-state index contributed by atoms with van der Waals surface area (Å²) in [4.78, 5) is 0. The van der Waals surface area contributed by atoms with Crippen molar-refractivity contribution in [2.24, 2.45) is 11.8 Å². The number of unbranched alkanes of at least 4 members (excludes halogenated alkanes) is 1. The number of thiocarbonyl (C=S) groups is 1. The molecule has 1 atom stereocenters. The van der Waals surface area contributed by atoms with Crippen molar-refractivity contribution in [2.75, 3.05) is 13.1 Å². The van der Waals surface area contributed by atoms with E-state index in [1.54, 1.807) is 0 Å². The predicted molar refractivity (Wildman–Crippen MR) is 67.5 cm³/mol. The fourth-order valence-electron chi connectivity index (χ4n) is 0.931. The van der Waals surface area contributed by atoms with E-state index in [0.717, 1.165) is 18.2 Å². The zero-order valence-electron chi connectivity index (χ0n) is 9.89. The minimum absolute atomic E-state index is 0.668. The Morgan fingerprint density at radius 1 is 1.21 bits per heavy atom. The molecule has 0 rings (SSSR count). The van der Waals surface area contributed by atoms with E-state index < -0.39 is 0 Å². The second-order valence-electron chi connectivity index (χ2n) is 4.21. The van der Waals surface area contributed by atoms with Gasteiger partial charge in [0.1, 0.15) is 0 Å². The highest BCUT2D eigenvalue weighted by molar-refractivity contribution is 7.80. The third-order valence-corrected chi connectivity index (χ3v) is 2.83. The zero-order valence-corrected chi connectivity index (χ0v) is 10.7. The van der Waals surface area contributed by atoms with Gasteiger partial charge in [0.25, 0.3) is 0 Å². The minimum atomic E-state index is 0.668. The van der Waals surface area contributed by atoms with Crippen LogP contribution in [0.5, 0.6) is 0 Å². The molecule has 0 spiro atoms. The van der Waals surface area contributed by atoms with E-state index in [1.165, 1.54) is 12.8 Å². The molecule has 2 N–H and O–H groups in total. The van der Waals surface area contributed by atoms with Gasteiger partial charge in [0.15, 0.2) is 5.11 Å². The van der Waals surface area contributed by atoms with E-state index >= 15 is 0 Å². The summed E-state index contributed by atoms with van der Waals surface area (Å²) < 4.78 is 0. The molecule has 0 aliphatic heterocycles. The molecule has 0 aliphatic carbocycles. The summed E-state index contributed by atoms with van der Waals surface area (Å²) in [5.74, 6) is 1.38. The van der Waals surface area contributed by atoms with E-state index in [4.69, 9.17) is 12.2 Å². The van der Waals surface area contributed by atoms with Gasteiger partial charge in [-0.2, -0.15) is 0 Å². The quantitative estimate of drug-likeness (QED) is 0.527. The van der Waals surface area contributed by atoms with Crippen molar-refractivity contribution >= 4 is 17.3 Å². The molecular weight excluding hydrogens is 192 g/mol. The summed E-state index contributed by atoms with van der Waals surface area (Å²) in [6.07, 6.45) is 2.39. The topological polar surface area (TPSA) is 24.1 Å². The van der Waals surface area contributed by atoms with Crippen LogP contribution in [0.25, 0.3) is 0 Å². The van der Waals surface area contributed by atoms with Gasteiger partial charge in [0.05, 0.1) is 0 Å². The molecule has 84 valence electrons. The molecule has 0 radical (unpaired) electrons. The maximum Gasteiger partial charge on any atom is 0.166 e. The third kappa shape index (κ3) is 7.13. The maximum absolute atomic E-state index is 5.15. The van der Waals surface area contributed by atoms with Crippen LogP contribution >= 0.6 is 12.2 Å². The van der Waals surface area contributed by atoms with Crippen LogP contribution in [-0.4, -0.2) is 18.2 Å². The Morgan fingerprint density at radius 3 is 2.36 bits per heavy atom. The van der Waals surface area contributed by atoms with Crippen LogP contribution in [0.2, 0.25) is 0 Å². The molecule has 0 aromatic carbocycles. The van der Waals surface area contributed by atoms with Crippen LogP contribution < -0.4 is 10.6 Å². The van der Waals surface area contributed by atoms with E-state index in [9.17, 15) is 0 Å². The molecule has 0 amide bonds. The molecule has 0 bridgehead atoms. The fraction of sp³-hybridized carbons (Fsp3) is 0.909. The summed E-state index contributed by atoms with van der Waals surface area (Å²) >= 11 is 5.15. The summed E-state index contributed by atoms with van der Waals surface area (Å²) in [6, 6.07) is 0. The number of hydrogen-bond donors (Lipinski definition) is 2. The van der Waals surface area contributed by atoms with Gasteiger partial charge >= 0.3 is 0 Å². The molecule has 0 saturated heterocycles. The lowest BCUT2D eigenvalue weighted by Gasteiger charge is -2.17. The molecule has 0 aliphatic rings. The average molecular weight is 216 g/mol. The highest BCUT2D eigenvalue weighted by Crippen LogP contribution is 2.07. The lowest BCUT2D eigenvalue weighted by atomic mass is 9.98. The van der Waals surface area contributed by atoms with E-state index in [0.29, 0.717) is 11.8 Å². The summed E-state index contributed by atoms with van der Waals surface area (Å²) in [5, 5.41) is 7.24. The number of rotatable bonds is 6. The van der Waals surface area contributed by atoms with Gasteiger partial charge in [0, 0.05) is 13.1 Å². The molecular formula is C11H24N2S. The average Bonchev–Trinajstić information content (AvgIpc) is 2.14. The Morgan fingerprint density at radius 2 is 1.86 bits per heavy atom. The second-order valence-corrected chi connectivity index (χ2v) is 4.62. The van der Waals surface area contributed by atoms with Gasteiger partial charge in [-0.25, -0.2) is 0 Å². The van der Waals surface area contributed by atoms with Crippen molar-refractivity contribution in [3.05, 3.63) is 0 Å². The standard InChI is InChI=1S/C11H24N2S/c1-5-6-7-12-11(14)13-8-10(4)9(2)3/h9-10H,5-8H2,1-4H3,(H2,12,13,14). The third-order valence-electron chi connectivity index (χ3n) is 2.54. The smallest absolute Gasteiger partial charge is 0.166 e. The summed E-state index contributed by atoms with van der Waals surface area (Å²) in [5.41, 5.74) is 0. The van der Waals surface area contributed by atoms with Crippen LogP contribution in [0.4, 0.5) is 0 Å². The van der Waals surface area contributed by atoms with Crippen LogP contribution in [0.3, 0.4) is 0 Å². The molecule has 3 heteroatoms. The molecule has 14 heavy (non-hydrogen) atoms. The highest BCUT2D eigenvalue weighted by atomic mass is 32.1. The van der Waals surface area contributed by atoms with Gasteiger partial charge in [-0.15, -0.1) is 0 Å². The Labute approximate surface area is 93.8 Å². The van der Waals surface area contributed by atoms with Gasteiger partial charge in [-0.05, 0) is 30.5 Å². The van der Waals surface area contributed by atoms with E-state index in [1.807, 2.05) is 0 Å². The second kappa shape index (κ2) is 8.04. The Balaban J connectivity index is 3.44. The lowest BCUT2D eigenvalue weighted by molar-refractivity contribution is 0.414. The Kier molecular flexibility index (Phi) is 7.86. The van der Waals surface area contributed by atoms with Gasteiger partial charge < -0.3 is 10.6 Å². The van der Waals surface area contributed by atoms with E-state index in [2.05, 4.69) is 38.3 Å². The molecule has 0 heterocycles. The van der Waals surface area contributed by atoms with Gasteiger partial charge in [0.2, 0.25) is 0 Å². The first-order valence-electron chi connectivity index (χ1n) is 5.59. The minimum Gasteiger partial charge on any atom is -0.363 e. The normalized spacial score (nSPS) is 12.6. The van der Waals surface area contributed by atoms with Crippen molar-refractivity contribution in [3.8, 4) is 0 Å². The molecule has 2 nitrogen and oxygen atoms in total. The molecule has 0 saturated carbocycles. The van der Waals surface area contributed by atoms with Crippen LogP contribution in [0.15, 0.2) is 0 Å². The first-order valence-corrected chi connectivity index (χ1v) is 6.00. The molecule has 1 unspecified atom stereocenters. The van der Waals surface area contributed by atoms with Gasteiger partial charge in [-0.3, -0.25) is 0 Å². The highest BCUT2D eigenvalue weighted by Gasteiger charge is 2.06. The number of nitrogens with one attached hydrogen (secondary N) is 2. The van der Waals surface area contributed by atoms with Crippen molar-refractivity contribution in [3.63, 3.8) is 0 Å². The van der Waals surface area contributed by atoms with Crippen molar-refractivity contribution in [1.82, 2.24) is 10.6 Å². The first kappa shape index (κ1) is 13.7. The Hall–Kier alpha value is -0.310. The van der Waals surface area contributed by atoms with Crippen molar-refractivity contribution in [1.29, 1.82) is 0 Å². The van der Waals surface area contributed by atoms with E-state index in [-0.39, 0.29) is 0 Å². The summed E-state index contributed by atoms with van der Waals surface area (Å²) in [6.45, 7) is 10.8. The summed E-state index contributed by atoms with van der Waals surface area (Å²) in [7, 11) is 0.